The van der Waals surface area contributed by atoms with Crippen molar-refractivity contribution in [2.45, 2.75) is 56.4 Å². The van der Waals surface area contributed by atoms with Crippen molar-refractivity contribution in [3.63, 3.8) is 0 Å². The zero-order valence-corrected chi connectivity index (χ0v) is 22.1. The minimum absolute atomic E-state index is 0.151. The van der Waals surface area contributed by atoms with Crippen LogP contribution < -0.4 is 11.0 Å². The van der Waals surface area contributed by atoms with Gasteiger partial charge in [0.15, 0.2) is 0 Å². The first-order chi connectivity index (χ1) is 19.2. The highest BCUT2D eigenvalue weighted by Crippen LogP contribution is 2.48. The van der Waals surface area contributed by atoms with Gasteiger partial charge in [-0.3, -0.25) is 14.2 Å². The van der Waals surface area contributed by atoms with E-state index in [0.717, 1.165) is 18.4 Å². The molecule has 40 heavy (non-hydrogen) atoms. The first-order valence-electron chi connectivity index (χ1n) is 13.5. The first kappa shape index (κ1) is 26.0. The van der Waals surface area contributed by atoms with Crippen molar-refractivity contribution in [1.82, 2.24) is 19.8 Å². The number of fused-ring (bicyclic) bond motifs is 1. The number of likely N-dealkylation sites (tertiary alicyclic amines) is 1. The van der Waals surface area contributed by atoms with Crippen molar-refractivity contribution >= 4 is 22.8 Å². The normalized spacial score (nSPS) is 20.4. The lowest BCUT2D eigenvalue weighted by molar-refractivity contribution is -0.139. The zero-order valence-electron chi connectivity index (χ0n) is 22.1. The third kappa shape index (κ3) is 4.80. The lowest BCUT2D eigenvalue weighted by Crippen LogP contribution is -2.48. The average Bonchev–Trinajstić information content (AvgIpc) is 3.44. The molecule has 2 N–H and O–H groups in total. The van der Waals surface area contributed by atoms with Gasteiger partial charge in [-0.05, 0) is 53.1 Å². The number of benzene rings is 3. The highest BCUT2D eigenvalue weighted by atomic mass is 19.1. The largest absolute Gasteiger partial charge is 0.343 e. The smallest absolute Gasteiger partial charge is 0.326 e. The predicted octanol–water partition coefficient (Wildman–Crippen LogP) is 4.37. The number of para-hydroxylation sites is 2. The van der Waals surface area contributed by atoms with Crippen LogP contribution in [-0.4, -0.2) is 45.0 Å². The Kier molecular flexibility index (Phi) is 6.52. The van der Waals surface area contributed by atoms with Gasteiger partial charge in [-0.2, -0.15) is 0 Å². The molecule has 2 amide bonds. The molecule has 4 aromatic rings. The summed E-state index contributed by atoms with van der Waals surface area (Å²) in [6.45, 7) is 1.46. The number of nitrogens with one attached hydrogen (secondary N) is 2. The van der Waals surface area contributed by atoms with E-state index in [4.69, 9.17) is 0 Å². The lowest BCUT2D eigenvalue weighted by Gasteiger charge is -2.27. The molecule has 3 atom stereocenters. The Balaban J connectivity index is 1.26. The van der Waals surface area contributed by atoms with Gasteiger partial charge in [-0.15, -0.1) is 0 Å². The monoisotopic (exact) mass is 544 g/mol. The number of aromatic nitrogens is 2. The van der Waals surface area contributed by atoms with E-state index in [-0.39, 0.29) is 30.7 Å². The Morgan fingerprint density at radius 3 is 2.50 bits per heavy atom. The minimum Gasteiger partial charge on any atom is -0.343 e. The molecule has 0 bridgehead atoms. The van der Waals surface area contributed by atoms with Crippen LogP contribution in [0.1, 0.15) is 48.9 Å². The van der Waals surface area contributed by atoms with Crippen LogP contribution in [0.4, 0.5) is 8.78 Å². The van der Waals surface area contributed by atoms with E-state index in [1.165, 1.54) is 15.5 Å². The molecule has 3 unspecified atom stereocenters. The molecule has 2 aliphatic rings. The van der Waals surface area contributed by atoms with Crippen LogP contribution >= 0.6 is 0 Å². The summed E-state index contributed by atoms with van der Waals surface area (Å²) in [5, 5.41) is 2.96. The summed E-state index contributed by atoms with van der Waals surface area (Å²) in [6.07, 6.45) is 0.324. The van der Waals surface area contributed by atoms with Gasteiger partial charge < -0.3 is 15.2 Å². The van der Waals surface area contributed by atoms with Crippen molar-refractivity contribution in [2.24, 2.45) is 0 Å². The van der Waals surface area contributed by atoms with Gasteiger partial charge in [0.25, 0.3) is 0 Å². The molecule has 1 aromatic heterocycles. The third-order valence-corrected chi connectivity index (χ3v) is 8.24. The fourth-order valence-corrected chi connectivity index (χ4v) is 5.70. The summed E-state index contributed by atoms with van der Waals surface area (Å²) < 4.78 is 31.1. The third-order valence-electron chi connectivity index (χ3n) is 8.24. The summed E-state index contributed by atoms with van der Waals surface area (Å²) in [5.74, 6) is -1.39. The van der Waals surface area contributed by atoms with E-state index in [1.54, 1.807) is 30.3 Å². The van der Waals surface area contributed by atoms with Gasteiger partial charge in [0.05, 0.1) is 23.6 Å². The van der Waals surface area contributed by atoms with Crippen LogP contribution in [0.5, 0.6) is 0 Å². The Bertz CT molecular complexity index is 1640. The molecule has 7 nitrogen and oxygen atoms in total. The molecule has 2 heterocycles. The summed E-state index contributed by atoms with van der Waals surface area (Å²) in [5.41, 5.74) is 2.48. The summed E-state index contributed by atoms with van der Waals surface area (Å²) in [4.78, 5) is 43.4. The molecule has 0 spiro atoms. The molecule has 206 valence electrons. The number of hydrogen-bond acceptors (Lipinski definition) is 3. The van der Waals surface area contributed by atoms with Crippen LogP contribution in [-0.2, 0) is 21.5 Å². The van der Waals surface area contributed by atoms with E-state index in [0.29, 0.717) is 22.2 Å². The molecular weight excluding hydrogens is 514 g/mol. The van der Waals surface area contributed by atoms with Gasteiger partial charge in [0, 0.05) is 6.42 Å². The first-order valence-corrected chi connectivity index (χ1v) is 13.5. The molecule has 3 aromatic carbocycles. The second-order valence-electron chi connectivity index (χ2n) is 11.1. The molecule has 1 saturated heterocycles. The van der Waals surface area contributed by atoms with E-state index in [2.05, 4.69) is 10.3 Å². The number of H-pyrrole nitrogens is 1. The number of alkyl halides is 1. The molecule has 1 saturated carbocycles. The Morgan fingerprint density at radius 1 is 1.05 bits per heavy atom. The van der Waals surface area contributed by atoms with E-state index in [9.17, 15) is 18.8 Å². The van der Waals surface area contributed by atoms with Crippen LogP contribution in [0.15, 0.2) is 77.6 Å². The van der Waals surface area contributed by atoms with Gasteiger partial charge in [-0.25, -0.2) is 13.6 Å². The fourth-order valence-electron chi connectivity index (χ4n) is 5.70. The SMILES string of the molecule is CC1(c2ccc(C(NC(=O)C3CC(F)CN3C(=O)Cn3c(=O)[nH]c4ccccc43)c3ccccc3)cc2F)CC1. The van der Waals surface area contributed by atoms with Crippen LogP contribution in [0.25, 0.3) is 11.0 Å². The number of carbonyl (C=O) groups is 2. The second-order valence-corrected chi connectivity index (χ2v) is 11.1. The van der Waals surface area contributed by atoms with Gasteiger partial charge in [0.1, 0.15) is 24.6 Å². The number of carbonyl (C=O) groups excluding carboxylic acids is 2. The summed E-state index contributed by atoms with van der Waals surface area (Å²) >= 11 is 0. The topological polar surface area (TPSA) is 87.2 Å². The van der Waals surface area contributed by atoms with Crippen molar-refractivity contribution < 1.29 is 18.4 Å². The fraction of sp³-hybridized carbons (Fsp3) is 0.323. The highest BCUT2D eigenvalue weighted by Gasteiger charge is 2.42. The number of nitrogens with zero attached hydrogens (tertiary/aromatic N) is 2. The van der Waals surface area contributed by atoms with Gasteiger partial charge >= 0.3 is 5.69 Å². The summed E-state index contributed by atoms with van der Waals surface area (Å²) in [6, 6.07) is 19.4. The minimum atomic E-state index is -1.38. The van der Waals surface area contributed by atoms with Crippen LogP contribution in [0.2, 0.25) is 0 Å². The van der Waals surface area contributed by atoms with Crippen molar-refractivity contribution in [3.8, 4) is 0 Å². The number of aromatic amines is 1. The standard InChI is InChI=1S/C31H30F2N4O3/c1-31(13-14-31)22-12-11-20(15-23(22)33)28(19-7-3-2-4-8-19)35-29(39)26-16-21(32)17-36(26)27(38)18-37-25-10-6-5-9-24(25)34-30(37)40/h2-12,15,21,26,28H,13-14,16-18H2,1H3,(H,34,40)(H,35,39). The van der Waals surface area contributed by atoms with Crippen LogP contribution in [0.3, 0.4) is 0 Å². The van der Waals surface area contributed by atoms with Crippen molar-refractivity contribution in [1.29, 1.82) is 0 Å². The maximum atomic E-state index is 15.2. The molecule has 6 rings (SSSR count). The van der Waals surface area contributed by atoms with E-state index < -0.39 is 35.8 Å². The maximum Gasteiger partial charge on any atom is 0.326 e. The Morgan fingerprint density at radius 2 is 1.77 bits per heavy atom. The predicted molar refractivity (Wildman–Crippen MR) is 147 cm³/mol. The number of amides is 2. The molecule has 1 aliphatic heterocycles. The zero-order chi connectivity index (χ0) is 28.0. The quantitative estimate of drug-likeness (QED) is 0.362. The lowest BCUT2D eigenvalue weighted by atomic mass is 9.92. The van der Waals surface area contributed by atoms with Gasteiger partial charge in [-0.1, -0.05) is 61.5 Å². The van der Waals surface area contributed by atoms with Crippen molar-refractivity contribution in [3.05, 3.63) is 106 Å². The van der Waals surface area contributed by atoms with Gasteiger partial charge in [0.2, 0.25) is 11.8 Å². The van der Waals surface area contributed by atoms with Crippen LogP contribution in [0, 0.1) is 5.82 Å². The summed E-state index contributed by atoms with van der Waals surface area (Å²) in [7, 11) is 0. The molecule has 2 fully saturated rings. The van der Waals surface area contributed by atoms with E-state index >= 15 is 4.39 Å². The molecule has 9 heteroatoms. The molecule has 1 aliphatic carbocycles. The van der Waals surface area contributed by atoms with E-state index in [1.807, 2.05) is 43.3 Å². The number of rotatable bonds is 7. The van der Waals surface area contributed by atoms with Crippen molar-refractivity contribution in [2.75, 3.05) is 6.54 Å². The Labute approximate surface area is 229 Å². The molecule has 0 radical (unpaired) electrons. The maximum absolute atomic E-state index is 15.2. The number of imidazole rings is 1. The average molecular weight is 545 g/mol. The Hall–Kier alpha value is -4.27. The highest BCUT2D eigenvalue weighted by molar-refractivity contribution is 5.89. The number of hydrogen-bond donors (Lipinski definition) is 2. The molecular formula is C31H30F2N4O3. The second kappa shape index (κ2) is 10.0. The number of halogens is 2.